The summed E-state index contributed by atoms with van der Waals surface area (Å²) in [5, 5.41) is 3.12. The Morgan fingerprint density at radius 2 is 1.86 bits per heavy atom. The van der Waals surface area contributed by atoms with Gasteiger partial charge < -0.3 is 5.32 Å². The van der Waals surface area contributed by atoms with Crippen molar-refractivity contribution in [2.75, 3.05) is 0 Å². The Balaban J connectivity index is 2.15. The maximum Gasteiger partial charge on any atom is 0.253 e. The van der Waals surface area contributed by atoms with Crippen molar-refractivity contribution in [1.29, 1.82) is 0 Å². The number of amides is 1. The van der Waals surface area contributed by atoms with Crippen LogP contribution in [0, 0.1) is 12.8 Å². The molecule has 0 saturated heterocycles. The van der Waals surface area contributed by atoms with E-state index in [4.69, 9.17) is 0 Å². The number of hydrogen-bond acceptors (Lipinski definition) is 2. The Bertz CT molecular complexity index is 576. The van der Waals surface area contributed by atoms with E-state index in [-0.39, 0.29) is 11.9 Å². The molecule has 0 aliphatic heterocycles. The minimum absolute atomic E-state index is 0.0278. The molecule has 110 valence electrons. The molecule has 3 nitrogen and oxygen atoms in total. The zero-order chi connectivity index (χ0) is 15.2. The molecule has 1 unspecified atom stereocenters. The summed E-state index contributed by atoms with van der Waals surface area (Å²) in [5.74, 6) is 0.434. The molecule has 1 amide bonds. The van der Waals surface area contributed by atoms with E-state index in [9.17, 15) is 4.79 Å². The molecule has 21 heavy (non-hydrogen) atoms. The molecule has 0 fully saturated rings. The third kappa shape index (κ3) is 4.42. The van der Waals surface area contributed by atoms with Gasteiger partial charge in [0.1, 0.15) is 0 Å². The summed E-state index contributed by atoms with van der Waals surface area (Å²) in [5.41, 5.74) is 2.65. The predicted molar refractivity (Wildman–Crippen MR) is 85.1 cm³/mol. The molecule has 3 heteroatoms. The van der Waals surface area contributed by atoms with Crippen LogP contribution in [0.4, 0.5) is 0 Å². The number of benzene rings is 1. The van der Waals surface area contributed by atoms with Crippen LogP contribution in [0.3, 0.4) is 0 Å². The highest BCUT2D eigenvalue weighted by Crippen LogP contribution is 2.21. The van der Waals surface area contributed by atoms with Crippen molar-refractivity contribution < 1.29 is 4.79 Å². The van der Waals surface area contributed by atoms with Gasteiger partial charge in [-0.3, -0.25) is 9.78 Å². The molecule has 1 aromatic carbocycles. The number of aromatic nitrogens is 1. The van der Waals surface area contributed by atoms with Crippen LogP contribution in [0.2, 0.25) is 0 Å². The highest BCUT2D eigenvalue weighted by Gasteiger charge is 2.17. The number of hydrogen-bond donors (Lipinski definition) is 1. The lowest BCUT2D eigenvalue weighted by Crippen LogP contribution is -2.29. The van der Waals surface area contributed by atoms with Crippen LogP contribution in [0.5, 0.6) is 0 Å². The lowest BCUT2D eigenvalue weighted by atomic mass is 9.96. The summed E-state index contributed by atoms with van der Waals surface area (Å²) in [6.07, 6.45) is 2.54. The standard InChI is InChI=1S/C18H22N2O/c1-13(2)11-17(15-7-5-4-6-8-15)20-18(21)16-10-9-14(3)19-12-16/h4-10,12-13,17H,11H2,1-3H3,(H,20,21). The van der Waals surface area contributed by atoms with Crippen molar-refractivity contribution in [1.82, 2.24) is 10.3 Å². The third-order valence-corrected chi connectivity index (χ3v) is 3.39. The second kappa shape index (κ2) is 7.02. The zero-order valence-corrected chi connectivity index (χ0v) is 12.8. The molecule has 0 spiro atoms. The zero-order valence-electron chi connectivity index (χ0n) is 12.8. The highest BCUT2D eigenvalue weighted by molar-refractivity contribution is 5.94. The first kappa shape index (κ1) is 15.2. The van der Waals surface area contributed by atoms with Crippen LogP contribution in [0.15, 0.2) is 48.7 Å². The number of rotatable bonds is 5. The quantitative estimate of drug-likeness (QED) is 0.903. The number of pyridine rings is 1. The Kier molecular flexibility index (Phi) is 5.09. The van der Waals surface area contributed by atoms with Gasteiger partial charge in [0.25, 0.3) is 5.91 Å². The first-order valence-corrected chi connectivity index (χ1v) is 7.34. The Morgan fingerprint density at radius 1 is 1.14 bits per heavy atom. The summed E-state index contributed by atoms with van der Waals surface area (Å²) in [6, 6.07) is 13.8. The average Bonchev–Trinajstić information content (AvgIpc) is 2.47. The molecule has 1 aromatic heterocycles. The van der Waals surface area contributed by atoms with Crippen LogP contribution in [0.1, 0.15) is 47.9 Å². The van der Waals surface area contributed by atoms with Crippen molar-refractivity contribution >= 4 is 5.91 Å². The van der Waals surface area contributed by atoms with Gasteiger partial charge in [-0.2, -0.15) is 0 Å². The normalized spacial score (nSPS) is 12.2. The molecule has 1 atom stereocenters. The number of carbonyl (C=O) groups is 1. The maximum absolute atomic E-state index is 12.4. The maximum atomic E-state index is 12.4. The largest absolute Gasteiger partial charge is 0.345 e. The SMILES string of the molecule is Cc1ccc(C(=O)NC(CC(C)C)c2ccccc2)cn1. The van der Waals surface area contributed by atoms with Gasteiger partial charge in [-0.05, 0) is 37.0 Å². The van der Waals surface area contributed by atoms with Crippen LogP contribution in [-0.4, -0.2) is 10.9 Å². The van der Waals surface area contributed by atoms with Gasteiger partial charge in [-0.25, -0.2) is 0 Å². The van der Waals surface area contributed by atoms with Crippen molar-refractivity contribution in [2.45, 2.75) is 33.2 Å². The van der Waals surface area contributed by atoms with Gasteiger partial charge in [0.15, 0.2) is 0 Å². The monoisotopic (exact) mass is 282 g/mol. The van der Waals surface area contributed by atoms with E-state index in [0.717, 1.165) is 17.7 Å². The van der Waals surface area contributed by atoms with Gasteiger partial charge in [0.05, 0.1) is 11.6 Å². The van der Waals surface area contributed by atoms with E-state index in [2.05, 4.69) is 36.3 Å². The van der Waals surface area contributed by atoms with Crippen LogP contribution >= 0.6 is 0 Å². The number of aryl methyl sites for hydroxylation is 1. The molecule has 1 heterocycles. The first-order chi connectivity index (χ1) is 10.1. The summed E-state index contributed by atoms with van der Waals surface area (Å²) >= 11 is 0. The van der Waals surface area contributed by atoms with E-state index in [1.165, 1.54) is 0 Å². The van der Waals surface area contributed by atoms with E-state index in [1.54, 1.807) is 6.20 Å². The average molecular weight is 282 g/mol. The van der Waals surface area contributed by atoms with Gasteiger partial charge in [-0.15, -0.1) is 0 Å². The second-order valence-corrected chi connectivity index (χ2v) is 5.75. The van der Waals surface area contributed by atoms with Gasteiger partial charge >= 0.3 is 0 Å². The van der Waals surface area contributed by atoms with Gasteiger partial charge in [0, 0.05) is 11.9 Å². The topological polar surface area (TPSA) is 42.0 Å². The third-order valence-electron chi connectivity index (χ3n) is 3.39. The van der Waals surface area contributed by atoms with Crippen LogP contribution < -0.4 is 5.32 Å². The van der Waals surface area contributed by atoms with Crippen LogP contribution in [-0.2, 0) is 0 Å². The van der Waals surface area contributed by atoms with Crippen LogP contribution in [0.25, 0.3) is 0 Å². The fourth-order valence-corrected chi connectivity index (χ4v) is 2.28. The smallest absolute Gasteiger partial charge is 0.253 e. The molecule has 0 aliphatic carbocycles. The van der Waals surface area contributed by atoms with E-state index < -0.39 is 0 Å². The minimum Gasteiger partial charge on any atom is -0.345 e. The Morgan fingerprint density at radius 3 is 2.43 bits per heavy atom. The van der Waals surface area contributed by atoms with Crippen molar-refractivity contribution in [3.8, 4) is 0 Å². The van der Waals surface area contributed by atoms with Gasteiger partial charge in [-0.1, -0.05) is 44.2 Å². The summed E-state index contributed by atoms with van der Waals surface area (Å²) in [6.45, 7) is 6.23. The summed E-state index contributed by atoms with van der Waals surface area (Å²) < 4.78 is 0. The Hall–Kier alpha value is -2.16. The first-order valence-electron chi connectivity index (χ1n) is 7.34. The molecule has 0 saturated carbocycles. The van der Waals surface area contributed by atoms with E-state index >= 15 is 0 Å². The number of nitrogens with zero attached hydrogens (tertiary/aromatic N) is 1. The molecule has 0 bridgehead atoms. The second-order valence-electron chi connectivity index (χ2n) is 5.75. The molecular formula is C18H22N2O. The lowest BCUT2D eigenvalue weighted by Gasteiger charge is -2.21. The van der Waals surface area contributed by atoms with E-state index in [1.807, 2.05) is 37.3 Å². The molecule has 2 rings (SSSR count). The molecule has 2 aromatic rings. The summed E-state index contributed by atoms with van der Waals surface area (Å²) in [7, 11) is 0. The summed E-state index contributed by atoms with van der Waals surface area (Å²) in [4.78, 5) is 16.6. The molecular weight excluding hydrogens is 260 g/mol. The molecule has 0 aliphatic rings. The molecule has 0 radical (unpaired) electrons. The molecule has 1 N–H and O–H groups in total. The predicted octanol–water partition coefficient (Wildman–Crippen LogP) is 3.91. The minimum atomic E-state index is -0.0722. The van der Waals surface area contributed by atoms with E-state index in [0.29, 0.717) is 11.5 Å². The fourth-order valence-electron chi connectivity index (χ4n) is 2.28. The lowest BCUT2D eigenvalue weighted by molar-refractivity contribution is 0.0931. The number of nitrogens with one attached hydrogen (secondary N) is 1. The van der Waals surface area contributed by atoms with Crippen molar-refractivity contribution in [3.05, 3.63) is 65.5 Å². The Labute approximate surface area is 126 Å². The highest BCUT2D eigenvalue weighted by atomic mass is 16.1. The van der Waals surface area contributed by atoms with Crippen molar-refractivity contribution in [3.63, 3.8) is 0 Å². The fraction of sp³-hybridized carbons (Fsp3) is 0.333. The van der Waals surface area contributed by atoms with Crippen molar-refractivity contribution in [2.24, 2.45) is 5.92 Å². The van der Waals surface area contributed by atoms with Gasteiger partial charge in [0.2, 0.25) is 0 Å². The number of carbonyl (C=O) groups excluding carboxylic acids is 1.